The molecule has 0 N–H and O–H groups in total. The van der Waals surface area contributed by atoms with Gasteiger partial charge in [-0.1, -0.05) is 86.1 Å². The Kier molecular flexibility index (Phi) is 5.89. The monoisotopic (exact) mass is 461 g/mol. The molecular formula is C28H31NO3S. The van der Waals surface area contributed by atoms with Crippen molar-refractivity contribution in [2.75, 3.05) is 13.2 Å². The Morgan fingerprint density at radius 2 is 1.55 bits per heavy atom. The Bertz CT molecular complexity index is 1200. The van der Waals surface area contributed by atoms with Crippen molar-refractivity contribution in [3.8, 4) is 0 Å². The van der Waals surface area contributed by atoms with Gasteiger partial charge in [-0.2, -0.15) is 4.31 Å². The van der Waals surface area contributed by atoms with Gasteiger partial charge >= 0.3 is 0 Å². The van der Waals surface area contributed by atoms with E-state index >= 15 is 0 Å². The Morgan fingerprint density at radius 3 is 2.18 bits per heavy atom. The second-order valence-corrected chi connectivity index (χ2v) is 11.5. The van der Waals surface area contributed by atoms with Crippen molar-refractivity contribution in [2.45, 2.75) is 43.7 Å². The van der Waals surface area contributed by atoms with E-state index in [4.69, 9.17) is 4.74 Å². The van der Waals surface area contributed by atoms with Crippen LogP contribution in [0.5, 0.6) is 0 Å². The third-order valence-corrected chi connectivity index (χ3v) is 9.03. The van der Waals surface area contributed by atoms with Crippen LogP contribution in [0.15, 0.2) is 83.8 Å². The van der Waals surface area contributed by atoms with Gasteiger partial charge in [-0.15, -0.1) is 0 Å². The molecule has 172 valence electrons. The van der Waals surface area contributed by atoms with E-state index in [9.17, 15) is 8.42 Å². The van der Waals surface area contributed by atoms with Gasteiger partial charge in [0.05, 0.1) is 23.6 Å². The molecule has 0 amide bonds. The zero-order valence-corrected chi connectivity index (χ0v) is 20.2. The zero-order valence-electron chi connectivity index (χ0n) is 19.4. The van der Waals surface area contributed by atoms with Gasteiger partial charge in [0, 0.05) is 18.4 Å². The predicted octanol–water partition coefficient (Wildman–Crippen LogP) is 5.87. The number of hydrogen-bond acceptors (Lipinski definition) is 3. The van der Waals surface area contributed by atoms with Crippen LogP contribution in [0.4, 0.5) is 0 Å². The SMILES string of the molecule is Cc1ccc(S(=O)(=O)N2C[C@H]3CO[C@@H](c4ccc(C(C)C)cc4)[C@H]3[C@@H]2c2ccccc2)cc1. The molecule has 0 unspecified atom stereocenters. The lowest BCUT2D eigenvalue weighted by molar-refractivity contribution is 0.0695. The lowest BCUT2D eigenvalue weighted by Gasteiger charge is -2.31. The van der Waals surface area contributed by atoms with Crippen LogP contribution in [-0.2, 0) is 14.8 Å². The lowest BCUT2D eigenvalue weighted by Crippen LogP contribution is -2.33. The molecule has 2 saturated heterocycles. The van der Waals surface area contributed by atoms with Gasteiger partial charge in [0.1, 0.15) is 0 Å². The van der Waals surface area contributed by atoms with Crippen LogP contribution >= 0.6 is 0 Å². The van der Waals surface area contributed by atoms with E-state index in [0.717, 1.165) is 16.7 Å². The molecule has 33 heavy (non-hydrogen) atoms. The topological polar surface area (TPSA) is 46.6 Å². The van der Waals surface area contributed by atoms with Crippen molar-refractivity contribution in [3.05, 3.63) is 101 Å². The highest BCUT2D eigenvalue weighted by Gasteiger charge is 2.54. The van der Waals surface area contributed by atoms with Crippen LogP contribution in [0.2, 0.25) is 0 Å². The number of rotatable bonds is 5. The highest BCUT2D eigenvalue weighted by Crippen LogP contribution is 2.54. The first-order valence-corrected chi connectivity index (χ1v) is 13.1. The largest absolute Gasteiger partial charge is 0.373 e. The summed E-state index contributed by atoms with van der Waals surface area (Å²) in [5.74, 6) is 0.692. The van der Waals surface area contributed by atoms with Gasteiger partial charge in [-0.3, -0.25) is 0 Å². The minimum atomic E-state index is -3.64. The summed E-state index contributed by atoms with van der Waals surface area (Å²) in [5.41, 5.74) is 4.49. The molecular weight excluding hydrogens is 430 g/mol. The molecule has 5 heteroatoms. The van der Waals surface area contributed by atoms with Crippen molar-refractivity contribution in [2.24, 2.45) is 11.8 Å². The molecule has 3 aromatic rings. The molecule has 3 aromatic carbocycles. The van der Waals surface area contributed by atoms with Crippen molar-refractivity contribution in [3.63, 3.8) is 0 Å². The van der Waals surface area contributed by atoms with Gasteiger partial charge in [0.25, 0.3) is 0 Å². The first-order chi connectivity index (χ1) is 15.9. The van der Waals surface area contributed by atoms with E-state index in [1.165, 1.54) is 5.56 Å². The normalized spacial score (nSPS) is 25.5. The van der Waals surface area contributed by atoms with Gasteiger partial charge in [0.15, 0.2) is 0 Å². The van der Waals surface area contributed by atoms with Crippen LogP contribution in [0.3, 0.4) is 0 Å². The number of fused-ring (bicyclic) bond motifs is 1. The Balaban J connectivity index is 1.55. The third-order valence-electron chi connectivity index (χ3n) is 7.17. The number of benzene rings is 3. The fourth-order valence-electron chi connectivity index (χ4n) is 5.35. The van der Waals surface area contributed by atoms with Crippen LogP contribution in [0.1, 0.15) is 54.2 Å². The van der Waals surface area contributed by atoms with Crippen molar-refractivity contribution < 1.29 is 13.2 Å². The molecule has 0 aromatic heterocycles. The molecule has 2 heterocycles. The van der Waals surface area contributed by atoms with Crippen LogP contribution in [0, 0.1) is 18.8 Å². The maximum atomic E-state index is 13.8. The maximum absolute atomic E-state index is 13.8. The highest BCUT2D eigenvalue weighted by molar-refractivity contribution is 7.89. The van der Waals surface area contributed by atoms with Gasteiger partial charge in [-0.05, 0) is 41.7 Å². The molecule has 0 aliphatic carbocycles. The summed E-state index contributed by atoms with van der Waals surface area (Å²) in [6.07, 6.45) is -0.125. The summed E-state index contributed by atoms with van der Waals surface area (Å²) in [6.45, 7) is 7.39. The van der Waals surface area contributed by atoms with Gasteiger partial charge < -0.3 is 4.74 Å². The summed E-state index contributed by atoms with van der Waals surface area (Å²) >= 11 is 0. The molecule has 0 spiro atoms. The maximum Gasteiger partial charge on any atom is 0.243 e. The minimum Gasteiger partial charge on any atom is -0.373 e. The molecule has 4 nitrogen and oxygen atoms in total. The highest BCUT2D eigenvalue weighted by atomic mass is 32.2. The predicted molar refractivity (Wildman–Crippen MR) is 130 cm³/mol. The fraction of sp³-hybridized carbons (Fsp3) is 0.357. The van der Waals surface area contributed by atoms with Gasteiger partial charge in [-0.25, -0.2) is 8.42 Å². The molecule has 5 rings (SSSR count). The smallest absolute Gasteiger partial charge is 0.243 e. The van der Waals surface area contributed by atoms with E-state index in [1.807, 2.05) is 49.4 Å². The lowest BCUT2D eigenvalue weighted by atomic mass is 9.82. The van der Waals surface area contributed by atoms with E-state index in [0.29, 0.717) is 24.0 Å². The standard InChI is InChI=1S/C28H31NO3S/c1-19(2)21-11-13-23(14-12-21)28-26-24(18-32-28)17-29(27(26)22-7-5-4-6-8-22)33(30,31)25-15-9-20(3)10-16-25/h4-16,19,24,26-28H,17-18H2,1-3H3/t24-,26+,27-,28-/m0/s1. The summed E-state index contributed by atoms with van der Waals surface area (Å²) < 4.78 is 35.7. The molecule has 2 fully saturated rings. The quantitative estimate of drug-likeness (QED) is 0.478. The number of aryl methyl sites for hydroxylation is 1. The number of nitrogens with zero attached hydrogens (tertiary/aromatic N) is 1. The average molecular weight is 462 g/mol. The van der Waals surface area contributed by atoms with E-state index in [-0.39, 0.29) is 24.0 Å². The average Bonchev–Trinajstić information content (AvgIpc) is 3.40. The number of sulfonamides is 1. The Hall–Kier alpha value is -2.47. The van der Waals surface area contributed by atoms with Crippen LogP contribution in [0.25, 0.3) is 0 Å². The summed E-state index contributed by atoms with van der Waals surface area (Å²) in [5, 5.41) is 0. The minimum absolute atomic E-state index is 0.0672. The third kappa shape index (κ3) is 4.03. The first kappa shape index (κ1) is 22.3. The van der Waals surface area contributed by atoms with E-state index in [1.54, 1.807) is 16.4 Å². The van der Waals surface area contributed by atoms with E-state index < -0.39 is 10.0 Å². The second kappa shape index (κ2) is 8.71. The van der Waals surface area contributed by atoms with Gasteiger partial charge in [0.2, 0.25) is 10.0 Å². The van der Waals surface area contributed by atoms with Crippen LogP contribution in [-0.4, -0.2) is 25.9 Å². The van der Waals surface area contributed by atoms with E-state index in [2.05, 4.69) is 38.1 Å². The number of ether oxygens (including phenoxy) is 1. The summed E-state index contributed by atoms with van der Waals surface area (Å²) in [7, 11) is -3.64. The van der Waals surface area contributed by atoms with Crippen molar-refractivity contribution >= 4 is 10.0 Å². The van der Waals surface area contributed by atoms with Crippen molar-refractivity contribution in [1.82, 2.24) is 4.31 Å². The second-order valence-electron chi connectivity index (χ2n) is 9.66. The van der Waals surface area contributed by atoms with Crippen molar-refractivity contribution in [1.29, 1.82) is 0 Å². The molecule has 4 atom stereocenters. The molecule has 2 aliphatic heterocycles. The Morgan fingerprint density at radius 1 is 0.879 bits per heavy atom. The summed E-state index contributed by atoms with van der Waals surface area (Å²) in [6, 6.07) is 25.6. The molecule has 0 saturated carbocycles. The molecule has 0 bridgehead atoms. The number of hydrogen-bond donors (Lipinski definition) is 0. The molecule has 2 aliphatic rings. The fourth-order valence-corrected chi connectivity index (χ4v) is 7.05. The van der Waals surface area contributed by atoms with Crippen LogP contribution < -0.4 is 0 Å². The molecule has 0 radical (unpaired) electrons. The Labute approximate surface area is 197 Å². The summed E-state index contributed by atoms with van der Waals surface area (Å²) in [4.78, 5) is 0.354. The first-order valence-electron chi connectivity index (χ1n) is 11.7. The zero-order chi connectivity index (χ0) is 23.2.